The number of allylic oxidation sites excluding steroid dienone is 1. The SMILES string of the molecule is O=C(Nc1ccc(C2=CCSCC2)c(F)c1)OCc1ccccc1. The van der Waals surface area contributed by atoms with Crippen LogP contribution in [0.2, 0.25) is 0 Å². The van der Waals surface area contributed by atoms with Gasteiger partial charge in [0.2, 0.25) is 0 Å². The highest BCUT2D eigenvalue weighted by Gasteiger charge is 2.12. The van der Waals surface area contributed by atoms with Crippen LogP contribution in [0.5, 0.6) is 0 Å². The van der Waals surface area contributed by atoms with Crippen LogP contribution in [0.3, 0.4) is 0 Å². The first-order chi connectivity index (χ1) is 11.7. The van der Waals surface area contributed by atoms with E-state index in [0.29, 0.717) is 11.3 Å². The number of amides is 1. The maximum Gasteiger partial charge on any atom is 0.411 e. The van der Waals surface area contributed by atoms with Crippen molar-refractivity contribution < 1.29 is 13.9 Å². The fourth-order valence-corrected chi connectivity index (χ4v) is 3.35. The molecular weight excluding hydrogens is 325 g/mol. The number of anilines is 1. The molecule has 0 saturated heterocycles. The molecule has 0 aromatic heterocycles. The zero-order valence-corrected chi connectivity index (χ0v) is 13.9. The number of nitrogens with one attached hydrogen (secondary N) is 1. The molecule has 124 valence electrons. The number of hydrogen-bond donors (Lipinski definition) is 1. The van der Waals surface area contributed by atoms with E-state index < -0.39 is 6.09 Å². The number of ether oxygens (including phenoxy) is 1. The number of halogens is 1. The van der Waals surface area contributed by atoms with E-state index in [-0.39, 0.29) is 12.4 Å². The number of hydrogen-bond acceptors (Lipinski definition) is 3. The second-order valence-electron chi connectivity index (χ2n) is 5.44. The molecule has 0 unspecified atom stereocenters. The summed E-state index contributed by atoms with van der Waals surface area (Å²) in [5.74, 6) is 1.60. The normalized spacial score (nSPS) is 14.0. The standard InChI is InChI=1S/C19H18FNO2S/c20-18-12-16(6-7-17(18)15-8-10-24-11-9-15)21-19(22)23-13-14-4-2-1-3-5-14/h1-8,12H,9-11,13H2,(H,21,22). The minimum absolute atomic E-state index is 0.178. The van der Waals surface area contributed by atoms with Gasteiger partial charge in [0, 0.05) is 17.0 Å². The zero-order chi connectivity index (χ0) is 16.8. The van der Waals surface area contributed by atoms with E-state index in [1.54, 1.807) is 12.1 Å². The number of carbonyl (C=O) groups is 1. The Hall–Kier alpha value is -2.27. The predicted molar refractivity (Wildman–Crippen MR) is 96.6 cm³/mol. The van der Waals surface area contributed by atoms with Crippen molar-refractivity contribution in [3.05, 3.63) is 71.6 Å². The first-order valence-electron chi connectivity index (χ1n) is 7.77. The molecule has 0 radical (unpaired) electrons. The molecule has 0 saturated carbocycles. The van der Waals surface area contributed by atoms with Crippen LogP contribution in [0.4, 0.5) is 14.9 Å². The lowest BCUT2D eigenvalue weighted by Gasteiger charge is -2.14. The van der Waals surface area contributed by atoms with Crippen LogP contribution >= 0.6 is 11.8 Å². The minimum Gasteiger partial charge on any atom is -0.444 e. The molecule has 0 atom stereocenters. The highest BCUT2D eigenvalue weighted by atomic mass is 32.2. The second kappa shape index (κ2) is 8.02. The third kappa shape index (κ3) is 4.38. The van der Waals surface area contributed by atoms with Crippen LogP contribution < -0.4 is 5.32 Å². The summed E-state index contributed by atoms with van der Waals surface area (Å²) >= 11 is 1.84. The number of thioether (sulfide) groups is 1. The van der Waals surface area contributed by atoms with Crippen molar-refractivity contribution in [2.24, 2.45) is 0 Å². The average molecular weight is 343 g/mol. The molecule has 0 bridgehead atoms. The van der Waals surface area contributed by atoms with Crippen molar-refractivity contribution in [1.29, 1.82) is 0 Å². The third-order valence-corrected chi connectivity index (χ3v) is 4.63. The van der Waals surface area contributed by atoms with Gasteiger partial charge in [0.1, 0.15) is 12.4 Å². The van der Waals surface area contributed by atoms with Crippen LogP contribution in [-0.4, -0.2) is 17.6 Å². The zero-order valence-electron chi connectivity index (χ0n) is 13.1. The summed E-state index contributed by atoms with van der Waals surface area (Å²) in [7, 11) is 0. The van der Waals surface area contributed by atoms with Crippen LogP contribution in [0.25, 0.3) is 5.57 Å². The van der Waals surface area contributed by atoms with Crippen LogP contribution in [-0.2, 0) is 11.3 Å². The molecule has 1 aliphatic heterocycles. The van der Waals surface area contributed by atoms with E-state index in [2.05, 4.69) is 11.4 Å². The van der Waals surface area contributed by atoms with E-state index in [9.17, 15) is 9.18 Å². The van der Waals surface area contributed by atoms with Gasteiger partial charge in [-0.2, -0.15) is 11.8 Å². The van der Waals surface area contributed by atoms with Gasteiger partial charge in [0.25, 0.3) is 0 Å². The van der Waals surface area contributed by atoms with E-state index >= 15 is 0 Å². The summed E-state index contributed by atoms with van der Waals surface area (Å²) in [5, 5.41) is 2.56. The van der Waals surface area contributed by atoms with Gasteiger partial charge in [-0.25, -0.2) is 9.18 Å². The Morgan fingerprint density at radius 3 is 2.75 bits per heavy atom. The van der Waals surface area contributed by atoms with Gasteiger partial charge in [-0.3, -0.25) is 5.32 Å². The van der Waals surface area contributed by atoms with E-state index in [1.165, 1.54) is 6.07 Å². The maximum atomic E-state index is 14.3. The quantitative estimate of drug-likeness (QED) is 0.840. The van der Waals surface area contributed by atoms with Gasteiger partial charge in [0.05, 0.1) is 0 Å². The van der Waals surface area contributed by atoms with Crippen molar-refractivity contribution in [2.75, 3.05) is 16.8 Å². The Bertz CT molecular complexity index is 746. The Morgan fingerprint density at radius 1 is 1.21 bits per heavy atom. The average Bonchev–Trinajstić information content (AvgIpc) is 2.62. The summed E-state index contributed by atoms with van der Waals surface area (Å²) in [5.41, 5.74) is 2.93. The third-order valence-electron chi connectivity index (χ3n) is 3.74. The molecule has 0 fully saturated rings. The van der Waals surface area contributed by atoms with E-state index in [1.807, 2.05) is 42.1 Å². The Kier molecular flexibility index (Phi) is 5.54. The molecule has 1 aliphatic rings. The number of rotatable bonds is 4. The van der Waals surface area contributed by atoms with Gasteiger partial charge in [0.15, 0.2) is 0 Å². The summed E-state index contributed by atoms with van der Waals surface area (Å²) < 4.78 is 19.4. The lowest BCUT2D eigenvalue weighted by atomic mass is 10.0. The molecule has 1 heterocycles. The van der Waals surface area contributed by atoms with Gasteiger partial charge in [-0.15, -0.1) is 0 Å². The topological polar surface area (TPSA) is 38.3 Å². The summed E-state index contributed by atoms with van der Waals surface area (Å²) in [6.45, 7) is 0.178. The van der Waals surface area contributed by atoms with Crippen LogP contribution in [0.15, 0.2) is 54.6 Å². The smallest absolute Gasteiger partial charge is 0.411 e. The molecule has 2 aromatic carbocycles. The lowest BCUT2D eigenvalue weighted by molar-refractivity contribution is 0.155. The Morgan fingerprint density at radius 2 is 2.04 bits per heavy atom. The first-order valence-corrected chi connectivity index (χ1v) is 8.92. The Balaban J connectivity index is 1.60. The summed E-state index contributed by atoms with van der Waals surface area (Å²) in [6.07, 6.45) is 2.33. The number of carbonyl (C=O) groups excluding carboxylic acids is 1. The van der Waals surface area contributed by atoms with Crippen LogP contribution in [0.1, 0.15) is 17.5 Å². The molecule has 3 rings (SSSR count). The van der Waals surface area contributed by atoms with Crippen molar-refractivity contribution in [1.82, 2.24) is 0 Å². The molecule has 1 N–H and O–H groups in total. The maximum absolute atomic E-state index is 14.3. The summed E-state index contributed by atoms with van der Waals surface area (Å²) in [6, 6.07) is 14.1. The second-order valence-corrected chi connectivity index (χ2v) is 6.59. The van der Waals surface area contributed by atoms with Crippen molar-refractivity contribution in [2.45, 2.75) is 13.0 Å². The monoisotopic (exact) mass is 343 g/mol. The van der Waals surface area contributed by atoms with Crippen molar-refractivity contribution in [3.8, 4) is 0 Å². The highest BCUT2D eigenvalue weighted by Crippen LogP contribution is 2.29. The molecule has 0 aliphatic carbocycles. The molecule has 0 spiro atoms. The highest BCUT2D eigenvalue weighted by molar-refractivity contribution is 7.99. The molecule has 3 nitrogen and oxygen atoms in total. The van der Waals surface area contributed by atoms with Gasteiger partial charge < -0.3 is 4.74 Å². The molecule has 5 heteroatoms. The molecular formula is C19H18FNO2S. The minimum atomic E-state index is -0.598. The Labute approximate surface area is 144 Å². The van der Waals surface area contributed by atoms with Crippen molar-refractivity contribution in [3.63, 3.8) is 0 Å². The summed E-state index contributed by atoms with van der Waals surface area (Å²) in [4.78, 5) is 11.8. The number of benzene rings is 2. The largest absolute Gasteiger partial charge is 0.444 e. The lowest BCUT2D eigenvalue weighted by Crippen LogP contribution is -2.13. The first kappa shape index (κ1) is 16.6. The molecule has 24 heavy (non-hydrogen) atoms. The van der Waals surface area contributed by atoms with E-state index in [4.69, 9.17) is 4.74 Å². The van der Waals surface area contributed by atoms with Gasteiger partial charge in [-0.05, 0) is 41.5 Å². The van der Waals surface area contributed by atoms with Gasteiger partial charge >= 0.3 is 6.09 Å². The fraction of sp³-hybridized carbons (Fsp3) is 0.211. The van der Waals surface area contributed by atoms with Crippen LogP contribution in [0, 0.1) is 5.82 Å². The van der Waals surface area contributed by atoms with Gasteiger partial charge in [-0.1, -0.05) is 36.4 Å². The van der Waals surface area contributed by atoms with Crippen molar-refractivity contribution >= 4 is 29.1 Å². The van der Waals surface area contributed by atoms with E-state index in [0.717, 1.165) is 29.1 Å². The fourth-order valence-electron chi connectivity index (χ4n) is 2.50. The predicted octanol–water partition coefficient (Wildman–Crippen LogP) is 5.09. The molecule has 2 aromatic rings. The molecule has 1 amide bonds.